The quantitative estimate of drug-likeness (QED) is 0.699. The number of rotatable bonds is 8. The molecule has 7 nitrogen and oxygen atoms in total. The highest BCUT2D eigenvalue weighted by molar-refractivity contribution is 7.86. The van der Waals surface area contributed by atoms with E-state index in [9.17, 15) is 13.8 Å². The molecule has 0 aliphatic heterocycles. The second-order valence-corrected chi connectivity index (χ2v) is 8.89. The third-order valence-electron chi connectivity index (χ3n) is 3.11. The summed E-state index contributed by atoms with van der Waals surface area (Å²) in [5.41, 5.74) is 5.29. The molecule has 9 heteroatoms. The van der Waals surface area contributed by atoms with Crippen molar-refractivity contribution < 1.29 is 23.3 Å². The summed E-state index contributed by atoms with van der Waals surface area (Å²) in [4.78, 5) is 23.1. The fourth-order valence-electron chi connectivity index (χ4n) is 1.80. The standard InChI is InChI=1S/C16H23ClN2O5S/c1-16(2,3)25(22)6-5-19-15(21)10-7-11(17)14(12(8-10)23-4)24-9-13(18)20/h7-8H,5-6,9H2,1-4H3,(H2,18,20)(H,19,21). The van der Waals surface area contributed by atoms with Crippen LogP contribution in [0.2, 0.25) is 5.02 Å². The first-order valence-corrected chi connectivity index (χ1v) is 9.21. The first-order valence-electron chi connectivity index (χ1n) is 7.51. The van der Waals surface area contributed by atoms with Crippen LogP contribution < -0.4 is 20.5 Å². The molecule has 0 spiro atoms. The zero-order chi connectivity index (χ0) is 19.2. The van der Waals surface area contributed by atoms with Gasteiger partial charge in [0.1, 0.15) is 0 Å². The summed E-state index contributed by atoms with van der Waals surface area (Å²) in [5, 5.41) is 2.80. The lowest BCUT2D eigenvalue weighted by atomic mass is 10.2. The number of primary amides is 1. The van der Waals surface area contributed by atoms with Crippen LogP contribution in [0.15, 0.2) is 12.1 Å². The molecule has 0 aromatic heterocycles. The molecule has 2 amide bonds. The van der Waals surface area contributed by atoms with E-state index < -0.39 is 16.7 Å². The first-order chi connectivity index (χ1) is 11.6. The topological polar surface area (TPSA) is 108 Å². The summed E-state index contributed by atoms with van der Waals surface area (Å²) in [6.07, 6.45) is 0. The summed E-state index contributed by atoms with van der Waals surface area (Å²) in [6, 6.07) is 2.84. The van der Waals surface area contributed by atoms with E-state index in [-0.39, 0.29) is 45.9 Å². The summed E-state index contributed by atoms with van der Waals surface area (Å²) in [7, 11) is 0.325. The van der Waals surface area contributed by atoms with Crippen LogP contribution in [0.4, 0.5) is 0 Å². The Morgan fingerprint density at radius 2 is 1.96 bits per heavy atom. The smallest absolute Gasteiger partial charge is 0.255 e. The van der Waals surface area contributed by atoms with Crippen LogP contribution >= 0.6 is 11.6 Å². The molecule has 0 radical (unpaired) electrons. The number of methoxy groups -OCH3 is 1. The molecule has 0 fully saturated rings. The predicted octanol–water partition coefficient (Wildman–Crippen LogP) is 1.49. The number of benzene rings is 1. The highest BCUT2D eigenvalue weighted by Crippen LogP contribution is 2.36. The normalized spacial score (nSPS) is 12.4. The van der Waals surface area contributed by atoms with Gasteiger partial charge >= 0.3 is 0 Å². The van der Waals surface area contributed by atoms with Crippen LogP contribution in [-0.2, 0) is 15.6 Å². The minimum atomic E-state index is -1.06. The Balaban J connectivity index is 2.81. The molecule has 0 saturated heterocycles. The van der Waals surface area contributed by atoms with Gasteiger partial charge in [-0.05, 0) is 32.9 Å². The summed E-state index contributed by atoms with van der Waals surface area (Å²) >= 11 is 6.10. The fraction of sp³-hybridized carbons (Fsp3) is 0.500. The van der Waals surface area contributed by atoms with Crippen molar-refractivity contribution in [3.8, 4) is 11.5 Å². The Labute approximate surface area is 154 Å². The SMILES string of the molecule is COc1cc(C(=O)NCCS(=O)C(C)(C)C)cc(Cl)c1OCC(N)=O. The molecule has 1 aromatic carbocycles. The monoisotopic (exact) mass is 390 g/mol. The maximum atomic E-state index is 12.2. The van der Waals surface area contributed by atoms with Gasteiger partial charge in [-0.2, -0.15) is 0 Å². The third kappa shape index (κ3) is 6.55. The lowest BCUT2D eigenvalue weighted by Crippen LogP contribution is -2.32. The summed E-state index contributed by atoms with van der Waals surface area (Å²) in [5.74, 6) is -0.357. The third-order valence-corrected chi connectivity index (χ3v) is 5.33. The van der Waals surface area contributed by atoms with Crippen molar-refractivity contribution in [2.75, 3.05) is 26.0 Å². The maximum absolute atomic E-state index is 12.2. The van der Waals surface area contributed by atoms with E-state index in [2.05, 4.69) is 5.32 Å². The maximum Gasteiger partial charge on any atom is 0.255 e. The van der Waals surface area contributed by atoms with Gasteiger partial charge in [0.2, 0.25) is 0 Å². The molecule has 0 heterocycles. The molecule has 1 unspecified atom stereocenters. The Bertz CT molecular complexity index is 673. The molecule has 1 atom stereocenters. The van der Waals surface area contributed by atoms with Gasteiger partial charge in [-0.15, -0.1) is 0 Å². The molecule has 1 aromatic rings. The molecule has 0 bridgehead atoms. The van der Waals surface area contributed by atoms with E-state index in [1.165, 1.54) is 19.2 Å². The zero-order valence-electron chi connectivity index (χ0n) is 14.7. The molecular formula is C16H23ClN2O5S. The fourth-order valence-corrected chi connectivity index (χ4v) is 2.96. The highest BCUT2D eigenvalue weighted by Gasteiger charge is 2.20. The Hall–Kier alpha value is -1.80. The van der Waals surface area contributed by atoms with Crippen molar-refractivity contribution in [3.63, 3.8) is 0 Å². The van der Waals surface area contributed by atoms with Crippen molar-refractivity contribution in [1.82, 2.24) is 5.32 Å². The average Bonchev–Trinajstić information content (AvgIpc) is 2.51. The van der Waals surface area contributed by atoms with Crippen molar-refractivity contribution in [3.05, 3.63) is 22.7 Å². The van der Waals surface area contributed by atoms with Gasteiger partial charge in [-0.1, -0.05) is 11.6 Å². The second kappa shape index (κ2) is 9.05. The first kappa shape index (κ1) is 21.2. The van der Waals surface area contributed by atoms with Gasteiger partial charge in [0, 0.05) is 33.4 Å². The van der Waals surface area contributed by atoms with Crippen molar-refractivity contribution in [2.45, 2.75) is 25.5 Å². The number of carbonyl (C=O) groups excluding carboxylic acids is 2. The van der Waals surface area contributed by atoms with E-state index in [1.807, 2.05) is 20.8 Å². The van der Waals surface area contributed by atoms with Crippen LogP contribution in [0.25, 0.3) is 0 Å². The summed E-state index contributed by atoms with van der Waals surface area (Å²) in [6.45, 7) is 5.53. The number of hydrogen-bond acceptors (Lipinski definition) is 5. The van der Waals surface area contributed by atoms with Crippen molar-refractivity contribution >= 4 is 34.2 Å². The van der Waals surface area contributed by atoms with Crippen molar-refractivity contribution in [1.29, 1.82) is 0 Å². The number of nitrogens with one attached hydrogen (secondary N) is 1. The van der Waals surface area contributed by atoms with Gasteiger partial charge in [-0.25, -0.2) is 0 Å². The average molecular weight is 391 g/mol. The Morgan fingerprint density at radius 3 is 2.48 bits per heavy atom. The van der Waals surface area contributed by atoms with E-state index in [0.717, 1.165) is 0 Å². The molecule has 1 rings (SSSR count). The van der Waals surface area contributed by atoms with Crippen LogP contribution in [0.3, 0.4) is 0 Å². The number of carbonyl (C=O) groups is 2. The van der Waals surface area contributed by atoms with Gasteiger partial charge in [0.15, 0.2) is 18.1 Å². The minimum Gasteiger partial charge on any atom is -0.493 e. The van der Waals surface area contributed by atoms with Crippen molar-refractivity contribution in [2.24, 2.45) is 5.73 Å². The predicted molar refractivity (Wildman–Crippen MR) is 97.8 cm³/mol. The zero-order valence-corrected chi connectivity index (χ0v) is 16.3. The van der Waals surface area contributed by atoms with Gasteiger partial charge in [0.05, 0.1) is 12.1 Å². The largest absolute Gasteiger partial charge is 0.493 e. The number of hydrogen-bond donors (Lipinski definition) is 2. The van der Waals surface area contributed by atoms with Gasteiger partial charge in [-0.3, -0.25) is 13.8 Å². The number of ether oxygens (including phenoxy) is 2. The molecule has 0 aliphatic rings. The number of nitrogens with two attached hydrogens (primary N) is 1. The van der Waals surface area contributed by atoms with Gasteiger partial charge < -0.3 is 20.5 Å². The second-order valence-electron chi connectivity index (χ2n) is 6.16. The summed E-state index contributed by atoms with van der Waals surface area (Å²) < 4.78 is 22.0. The highest BCUT2D eigenvalue weighted by atomic mass is 35.5. The minimum absolute atomic E-state index is 0.115. The van der Waals surface area contributed by atoms with Crippen LogP contribution in [0, 0.1) is 0 Å². The molecule has 25 heavy (non-hydrogen) atoms. The Morgan fingerprint density at radius 1 is 1.32 bits per heavy atom. The lowest BCUT2D eigenvalue weighted by Gasteiger charge is -2.18. The van der Waals surface area contributed by atoms with E-state index in [1.54, 1.807) is 0 Å². The number of halogens is 1. The van der Waals surface area contributed by atoms with E-state index >= 15 is 0 Å². The van der Waals surface area contributed by atoms with E-state index in [0.29, 0.717) is 5.75 Å². The molecule has 0 aliphatic carbocycles. The van der Waals surface area contributed by atoms with E-state index in [4.69, 9.17) is 26.8 Å². The number of amides is 2. The van der Waals surface area contributed by atoms with Crippen LogP contribution in [0.5, 0.6) is 11.5 Å². The van der Waals surface area contributed by atoms with Crippen LogP contribution in [0.1, 0.15) is 31.1 Å². The Kier molecular flexibility index (Phi) is 7.69. The lowest BCUT2D eigenvalue weighted by molar-refractivity contribution is -0.119. The van der Waals surface area contributed by atoms with Crippen LogP contribution in [-0.4, -0.2) is 46.8 Å². The molecule has 140 valence electrons. The molecule has 0 saturated carbocycles. The molecular weight excluding hydrogens is 368 g/mol. The van der Waals surface area contributed by atoms with Gasteiger partial charge in [0.25, 0.3) is 11.8 Å². The molecule has 3 N–H and O–H groups in total.